The molecule has 0 aliphatic carbocycles. The molecule has 3 aromatic rings. The summed E-state index contributed by atoms with van der Waals surface area (Å²) in [6, 6.07) is 12.5. The molecule has 0 amide bonds. The lowest BCUT2D eigenvalue weighted by Gasteiger charge is -2.20. The third-order valence-electron chi connectivity index (χ3n) is 5.14. The van der Waals surface area contributed by atoms with Crippen LogP contribution in [0.1, 0.15) is 28.4 Å². The van der Waals surface area contributed by atoms with E-state index in [1.165, 1.54) is 6.92 Å². The van der Waals surface area contributed by atoms with Crippen LogP contribution in [0.3, 0.4) is 0 Å². The molecule has 31 heavy (non-hydrogen) atoms. The summed E-state index contributed by atoms with van der Waals surface area (Å²) in [6.07, 6.45) is -4.78. The van der Waals surface area contributed by atoms with Gasteiger partial charge in [0, 0.05) is 17.3 Å². The molecule has 1 heterocycles. The number of aryl methyl sites for hydroxylation is 1. The molecule has 0 aliphatic rings. The number of benzene rings is 2. The first-order chi connectivity index (χ1) is 14.6. The molecule has 0 spiro atoms. The number of hydrogen-bond acceptors (Lipinski definition) is 3. The lowest BCUT2D eigenvalue weighted by Crippen LogP contribution is -2.43. The van der Waals surface area contributed by atoms with E-state index in [4.69, 9.17) is 0 Å². The van der Waals surface area contributed by atoms with Gasteiger partial charge in [-0.05, 0) is 31.7 Å². The second-order valence-electron chi connectivity index (χ2n) is 7.12. The molecule has 0 radical (unpaired) electrons. The maximum absolute atomic E-state index is 14.3. The highest BCUT2D eigenvalue weighted by molar-refractivity contribution is 5.31. The Labute approximate surface area is 175 Å². The van der Waals surface area contributed by atoms with Crippen LogP contribution in [0.25, 0.3) is 0 Å². The van der Waals surface area contributed by atoms with Crippen molar-refractivity contribution in [2.75, 3.05) is 7.05 Å². The highest BCUT2D eigenvalue weighted by atomic mass is 19.4. The number of aromatic nitrogens is 2. The lowest BCUT2D eigenvalue weighted by atomic mass is 10.1. The van der Waals surface area contributed by atoms with Crippen LogP contribution in [-0.2, 0) is 19.3 Å². The predicted octanol–water partition coefficient (Wildman–Crippen LogP) is 3.49. The van der Waals surface area contributed by atoms with Gasteiger partial charge in [0.2, 0.25) is 0 Å². The Morgan fingerprint density at radius 2 is 1.68 bits per heavy atom. The minimum Gasteiger partial charge on any atom is -0.312 e. The molecule has 3 rings (SSSR count). The molecule has 0 aliphatic heterocycles. The maximum Gasteiger partial charge on any atom is 0.416 e. The summed E-state index contributed by atoms with van der Waals surface area (Å²) in [7, 11) is 1.67. The van der Waals surface area contributed by atoms with Gasteiger partial charge in [-0.25, -0.2) is 9.18 Å². The number of halogens is 4. The van der Waals surface area contributed by atoms with E-state index < -0.39 is 40.9 Å². The van der Waals surface area contributed by atoms with Gasteiger partial charge in [0.15, 0.2) is 0 Å². The zero-order chi connectivity index (χ0) is 22.8. The fraction of sp³-hybridized carbons (Fsp3) is 0.273. The highest BCUT2D eigenvalue weighted by Crippen LogP contribution is 2.33. The van der Waals surface area contributed by atoms with Gasteiger partial charge >= 0.3 is 11.9 Å². The summed E-state index contributed by atoms with van der Waals surface area (Å²) in [5, 5.41) is 3.03. The van der Waals surface area contributed by atoms with Crippen LogP contribution in [0, 0.1) is 12.7 Å². The Morgan fingerprint density at radius 1 is 1.00 bits per heavy atom. The molecule has 0 saturated heterocycles. The molecular weight excluding hydrogens is 414 g/mol. The van der Waals surface area contributed by atoms with E-state index in [0.29, 0.717) is 0 Å². The van der Waals surface area contributed by atoms with Crippen molar-refractivity contribution in [1.29, 1.82) is 0 Å². The number of nitrogens with one attached hydrogen (secondary N) is 1. The van der Waals surface area contributed by atoms with E-state index in [-0.39, 0.29) is 18.3 Å². The van der Waals surface area contributed by atoms with Crippen molar-refractivity contribution in [2.45, 2.75) is 32.2 Å². The van der Waals surface area contributed by atoms with E-state index in [0.717, 1.165) is 39.0 Å². The van der Waals surface area contributed by atoms with Crippen LogP contribution < -0.4 is 16.6 Å². The van der Waals surface area contributed by atoms with Gasteiger partial charge in [-0.15, -0.1) is 0 Å². The van der Waals surface area contributed by atoms with Crippen LogP contribution in [0.2, 0.25) is 0 Å². The van der Waals surface area contributed by atoms with Gasteiger partial charge in [-0.3, -0.25) is 13.9 Å². The van der Waals surface area contributed by atoms with Gasteiger partial charge < -0.3 is 5.32 Å². The average Bonchev–Trinajstić information content (AvgIpc) is 2.72. The van der Waals surface area contributed by atoms with Gasteiger partial charge in [-0.1, -0.05) is 36.4 Å². The summed E-state index contributed by atoms with van der Waals surface area (Å²) >= 11 is 0. The van der Waals surface area contributed by atoms with Crippen molar-refractivity contribution in [1.82, 2.24) is 14.5 Å². The maximum atomic E-state index is 14.3. The normalized spacial score (nSPS) is 12.7. The van der Waals surface area contributed by atoms with Gasteiger partial charge in [0.05, 0.1) is 24.7 Å². The molecule has 0 bridgehead atoms. The predicted molar refractivity (Wildman–Crippen MR) is 108 cm³/mol. The monoisotopic (exact) mass is 435 g/mol. The minimum atomic E-state index is -4.78. The SMILES string of the molecule is CNC(Cn1c(=O)cc(C)n(Cc2c(F)cccc2C(F)(F)F)c1=O)c1ccccc1. The average molecular weight is 435 g/mol. The van der Waals surface area contributed by atoms with Crippen LogP contribution in [-0.4, -0.2) is 16.2 Å². The summed E-state index contributed by atoms with van der Waals surface area (Å²) in [6.45, 7) is 0.734. The number of nitrogens with zero attached hydrogens (tertiary/aromatic N) is 2. The quantitative estimate of drug-likeness (QED) is 0.604. The number of rotatable bonds is 6. The second-order valence-corrected chi connectivity index (χ2v) is 7.12. The molecule has 1 N–H and O–H groups in total. The van der Waals surface area contributed by atoms with E-state index in [2.05, 4.69) is 5.32 Å². The summed E-state index contributed by atoms with van der Waals surface area (Å²) in [4.78, 5) is 25.6. The molecule has 0 saturated carbocycles. The van der Waals surface area contributed by atoms with Gasteiger partial charge in [0.1, 0.15) is 5.82 Å². The summed E-state index contributed by atoms with van der Waals surface area (Å²) in [5.74, 6) is -1.07. The second kappa shape index (κ2) is 8.89. The van der Waals surface area contributed by atoms with E-state index in [9.17, 15) is 27.2 Å². The van der Waals surface area contributed by atoms with Crippen molar-refractivity contribution in [3.8, 4) is 0 Å². The van der Waals surface area contributed by atoms with Crippen LogP contribution in [0.4, 0.5) is 17.6 Å². The largest absolute Gasteiger partial charge is 0.416 e. The minimum absolute atomic E-state index is 0.0398. The first-order valence-electron chi connectivity index (χ1n) is 9.51. The lowest BCUT2D eigenvalue weighted by molar-refractivity contribution is -0.138. The Bertz CT molecular complexity index is 1180. The zero-order valence-corrected chi connectivity index (χ0v) is 16.9. The Kier molecular flexibility index (Phi) is 6.45. The zero-order valence-electron chi connectivity index (χ0n) is 16.9. The molecule has 1 atom stereocenters. The van der Waals surface area contributed by atoms with E-state index in [1.54, 1.807) is 7.05 Å². The molecule has 2 aromatic carbocycles. The fourth-order valence-electron chi connectivity index (χ4n) is 3.46. The Hall–Kier alpha value is -3.20. The summed E-state index contributed by atoms with van der Waals surface area (Å²) < 4.78 is 56.3. The van der Waals surface area contributed by atoms with E-state index in [1.807, 2.05) is 30.3 Å². The van der Waals surface area contributed by atoms with Crippen molar-refractivity contribution >= 4 is 0 Å². The fourth-order valence-corrected chi connectivity index (χ4v) is 3.46. The highest BCUT2D eigenvalue weighted by Gasteiger charge is 2.34. The molecule has 9 heteroatoms. The number of hydrogen-bond donors (Lipinski definition) is 1. The Morgan fingerprint density at radius 3 is 2.29 bits per heavy atom. The Balaban J connectivity index is 2.07. The van der Waals surface area contributed by atoms with Gasteiger partial charge in [-0.2, -0.15) is 13.2 Å². The molecular formula is C22H21F4N3O2. The molecule has 1 unspecified atom stereocenters. The molecule has 164 valence electrons. The van der Waals surface area contributed by atoms with Crippen molar-refractivity contribution in [3.05, 3.63) is 104 Å². The van der Waals surface area contributed by atoms with Crippen LogP contribution >= 0.6 is 0 Å². The first kappa shape index (κ1) is 22.5. The molecule has 1 aromatic heterocycles. The van der Waals surface area contributed by atoms with Gasteiger partial charge in [0.25, 0.3) is 5.56 Å². The topological polar surface area (TPSA) is 56.0 Å². The smallest absolute Gasteiger partial charge is 0.312 e. The standard InChI is InChI=1S/C22H21F4N3O2/c1-14-11-20(30)29(13-19(27-2)15-7-4-3-5-8-15)21(31)28(14)12-16-17(22(24,25)26)9-6-10-18(16)23/h3-11,19,27H,12-13H2,1-2H3. The number of alkyl halides is 3. The number of likely N-dealkylation sites (N-methyl/N-ethyl adjacent to an activating group) is 1. The van der Waals surface area contributed by atoms with Crippen LogP contribution in [0.5, 0.6) is 0 Å². The van der Waals surface area contributed by atoms with Crippen LogP contribution in [0.15, 0.2) is 64.2 Å². The van der Waals surface area contributed by atoms with Crippen molar-refractivity contribution < 1.29 is 17.6 Å². The third kappa shape index (κ3) is 4.77. The third-order valence-corrected chi connectivity index (χ3v) is 5.14. The summed E-state index contributed by atoms with van der Waals surface area (Å²) in [5.41, 5.74) is -2.23. The first-order valence-corrected chi connectivity index (χ1v) is 9.51. The van der Waals surface area contributed by atoms with Crippen molar-refractivity contribution in [3.63, 3.8) is 0 Å². The van der Waals surface area contributed by atoms with Crippen molar-refractivity contribution in [2.24, 2.45) is 0 Å². The molecule has 5 nitrogen and oxygen atoms in total. The molecule has 0 fully saturated rings. The van der Waals surface area contributed by atoms with E-state index >= 15 is 0 Å².